The molecular weight excluding hydrogens is 226 g/mol. The van der Waals surface area contributed by atoms with Crippen molar-refractivity contribution in [3.63, 3.8) is 0 Å². The van der Waals surface area contributed by atoms with Gasteiger partial charge in [-0.15, -0.1) is 0 Å². The second-order valence-electron chi connectivity index (χ2n) is 6.16. The van der Waals surface area contributed by atoms with E-state index >= 15 is 0 Å². The van der Waals surface area contributed by atoms with Crippen LogP contribution in [0.1, 0.15) is 34.1 Å². The van der Waals surface area contributed by atoms with E-state index in [-0.39, 0.29) is 11.9 Å². The lowest BCUT2D eigenvalue weighted by Gasteiger charge is -2.36. The number of hydrogen-bond donors (Lipinski definition) is 2. The molecule has 1 saturated heterocycles. The van der Waals surface area contributed by atoms with Crippen LogP contribution in [0, 0.1) is 11.8 Å². The van der Waals surface area contributed by atoms with Gasteiger partial charge in [0.25, 0.3) is 0 Å². The summed E-state index contributed by atoms with van der Waals surface area (Å²) in [5, 5.41) is 6.46. The number of rotatable bonds is 5. The van der Waals surface area contributed by atoms with Gasteiger partial charge in [-0.25, -0.2) is 0 Å². The first-order chi connectivity index (χ1) is 8.40. The van der Waals surface area contributed by atoms with Crippen LogP contribution in [-0.4, -0.2) is 49.6 Å². The lowest BCUT2D eigenvalue weighted by molar-refractivity contribution is -0.123. The number of amides is 1. The van der Waals surface area contributed by atoms with Gasteiger partial charge in [0.1, 0.15) is 0 Å². The summed E-state index contributed by atoms with van der Waals surface area (Å²) < 4.78 is 0. The largest absolute Gasteiger partial charge is 0.354 e. The number of nitrogens with zero attached hydrogens (tertiary/aromatic N) is 1. The summed E-state index contributed by atoms with van der Waals surface area (Å²) in [5.41, 5.74) is 0. The molecule has 0 spiro atoms. The first-order valence-electron chi connectivity index (χ1n) is 7.12. The van der Waals surface area contributed by atoms with Crippen molar-refractivity contribution < 1.29 is 4.79 Å². The smallest absolute Gasteiger partial charge is 0.236 e. The normalized spacial score (nSPS) is 27.2. The Kier molecular flexibility index (Phi) is 6.09. The standard InChI is InChI=1S/C14H29N3O/c1-10(2)8-15-14(18)12(4)16-13-6-7-17(5)9-11(13)3/h10-13,16H,6-9H2,1-5H3,(H,15,18). The van der Waals surface area contributed by atoms with Crippen LogP contribution in [-0.2, 0) is 4.79 Å². The molecule has 4 heteroatoms. The second kappa shape index (κ2) is 7.10. The third kappa shape index (κ3) is 4.94. The minimum Gasteiger partial charge on any atom is -0.354 e. The minimum absolute atomic E-state index is 0.0976. The van der Waals surface area contributed by atoms with Crippen LogP contribution < -0.4 is 10.6 Å². The lowest BCUT2D eigenvalue weighted by atomic mass is 9.93. The number of hydrogen-bond acceptors (Lipinski definition) is 3. The maximum Gasteiger partial charge on any atom is 0.236 e. The maximum absolute atomic E-state index is 11.9. The molecule has 1 heterocycles. The predicted octanol–water partition coefficient (Wildman–Crippen LogP) is 1.08. The molecule has 0 saturated carbocycles. The molecule has 18 heavy (non-hydrogen) atoms. The highest BCUT2D eigenvalue weighted by atomic mass is 16.2. The number of likely N-dealkylation sites (tertiary alicyclic amines) is 1. The molecule has 3 unspecified atom stereocenters. The van der Waals surface area contributed by atoms with Crippen LogP contribution in [0.25, 0.3) is 0 Å². The summed E-state index contributed by atoms with van der Waals surface area (Å²) >= 11 is 0. The van der Waals surface area contributed by atoms with Gasteiger partial charge in [0.15, 0.2) is 0 Å². The van der Waals surface area contributed by atoms with E-state index in [0.717, 1.165) is 26.1 Å². The summed E-state index contributed by atoms with van der Waals surface area (Å²) in [6, 6.07) is 0.362. The lowest BCUT2D eigenvalue weighted by Crippen LogP contribution is -2.53. The molecule has 1 aliphatic rings. The zero-order valence-electron chi connectivity index (χ0n) is 12.5. The average Bonchev–Trinajstić information content (AvgIpc) is 2.29. The zero-order valence-corrected chi connectivity index (χ0v) is 12.5. The van der Waals surface area contributed by atoms with Crippen LogP contribution in [0.5, 0.6) is 0 Å². The van der Waals surface area contributed by atoms with Gasteiger partial charge < -0.3 is 15.5 Å². The fourth-order valence-corrected chi connectivity index (χ4v) is 2.46. The highest BCUT2D eigenvalue weighted by Gasteiger charge is 2.26. The number of piperidine rings is 1. The molecule has 0 bridgehead atoms. The van der Waals surface area contributed by atoms with Crippen LogP contribution in [0.4, 0.5) is 0 Å². The van der Waals surface area contributed by atoms with Gasteiger partial charge in [0.05, 0.1) is 6.04 Å². The molecule has 2 N–H and O–H groups in total. The monoisotopic (exact) mass is 255 g/mol. The SMILES string of the molecule is CC(C)CNC(=O)C(C)NC1CCN(C)CC1C. The molecule has 0 aromatic heterocycles. The van der Waals surface area contributed by atoms with E-state index < -0.39 is 0 Å². The van der Waals surface area contributed by atoms with Crippen LogP contribution in [0.2, 0.25) is 0 Å². The Hall–Kier alpha value is -0.610. The van der Waals surface area contributed by atoms with Gasteiger partial charge in [-0.2, -0.15) is 0 Å². The molecule has 106 valence electrons. The van der Waals surface area contributed by atoms with Gasteiger partial charge in [-0.05, 0) is 38.8 Å². The highest BCUT2D eigenvalue weighted by Crippen LogP contribution is 2.15. The van der Waals surface area contributed by atoms with Crippen molar-refractivity contribution in [3.05, 3.63) is 0 Å². The third-order valence-corrected chi connectivity index (χ3v) is 3.65. The maximum atomic E-state index is 11.9. The summed E-state index contributed by atoms with van der Waals surface area (Å²) in [7, 11) is 2.16. The Morgan fingerprint density at radius 1 is 1.39 bits per heavy atom. The Morgan fingerprint density at radius 3 is 2.61 bits per heavy atom. The van der Waals surface area contributed by atoms with Crippen molar-refractivity contribution in [2.24, 2.45) is 11.8 Å². The van der Waals surface area contributed by atoms with E-state index in [4.69, 9.17) is 0 Å². The Bertz CT molecular complexity index is 268. The number of nitrogens with one attached hydrogen (secondary N) is 2. The first-order valence-corrected chi connectivity index (χ1v) is 7.12. The minimum atomic E-state index is -0.0976. The van der Waals surface area contributed by atoms with Crippen molar-refractivity contribution in [2.45, 2.75) is 46.2 Å². The Labute approximate surface area is 111 Å². The van der Waals surface area contributed by atoms with E-state index in [1.54, 1.807) is 0 Å². The molecule has 1 rings (SSSR count). The molecule has 1 amide bonds. The van der Waals surface area contributed by atoms with E-state index in [1.165, 1.54) is 0 Å². The van der Waals surface area contributed by atoms with E-state index in [1.807, 2.05) is 6.92 Å². The van der Waals surface area contributed by atoms with Crippen molar-refractivity contribution >= 4 is 5.91 Å². The fourth-order valence-electron chi connectivity index (χ4n) is 2.46. The Morgan fingerprint density at radius 2 is 2.06 bits per heavy atom. The first kappa shape index (κ1) is 15.4. The molecule has 0 aromatic carbocycles. The zero-order chi connectivity index (χ0) is 13.7. The van der Waals surface area contributed by atoms with Crippen molar-refractivity contribution in [2.75, 3.05) is 26.7 Å². The van der Waals surface area contributed by atoms with Crippen molar-refractivity contribution in [1.82, 2.24) is 15.5 Å². The number of carbonyl (C=O) groups excluding carboxylic acids is 1. The van der Waals surface area contributed by atoms with E-state index in [2.05, 4.69) is 43.4 Å². The second-order valence-corrected chi connectivity index (χ2v) is 6.16. The molecular formula is C14H29N3O. The summed E-state index contributed by atoms with van der Waals surface area (Å²) in [5.74, 6) is 1.22. The predicted molar refractivity (Wildman–Crippen MR) is 75.5 cm³/mol. The average molecular weight is 255 g/mol. The number of carbonyl (C=O) groups is 1. The molecule has 4 nitrogen and oxygen atoms in total. The summed E-state index contributed by atoms with van der Waals surface area (Å²) in [4.78, 5) is 14.3. The molecule has 1 aliphatic heterocycles. The van der Waals surface area contributed by atoms with Crippen molar-refractivity contribution in [1.29, 1.82) is 0 Å². The summed E-state index contributed by atoms with van der Waals surface area (Å²) in [6.07, 6.45) is 1.12. The van der Waals surface area contributed by atoms with Gasteiger partial charge in [-0.3, -0.25) is 4.79 Å². The van der Waals surface area contributed by atoms with Crippen molar-refractivity contribution in [3.8, 4) is 0 Å². The van der Waals surface area contributed by atoms with E-state index in [9.17, 15) is 4.79 Å². The molecule has 0 radical (unpaired) electrons. The van der Waals surface area contributed by atoms with Gasteiger partial charge >= 0.3 is 0 Å². The third-order valence-electron chi connectivity index (χ3n) is 3.65. The topological polar surface area (TPSA) is 44.4 Å². The molecule has 3 atom stereocenters. The van der Waals surface area contributed by atoms with Crippen LogP contribution >= 0.6 is 0 Å². The van der Waals surface area contributed by atoms with Crippen LogP contribution in [0.3, 0.4) is 0 Å². The van der Waals surface area contributed by atoms with Gasteiger partial charge in [0.2, 0.25) is 5.91 Å². The van der Waals surface area contributed by atoms with Gasteiger partial charge in [0, 0.05) is 19.1 Å². The van der Waals surface area contributed by atoms with E-state index in [0.29, 0.717) is 17.9 Å². The quantitative estimate of drug-likeness (QED) is 0.772. The molecule has 0 aliphatic carbocycles. The highest BCUT2D eigenvalue weighted by molar-refractivity contribution is 5.81. The molecule has 1 fully saturated rings. The Balaban J connectivity index is 2.34. The summed E-state index contributed by atoms with van der Waals surface area (Å²) in [6.45, 7) is 11.4. The van der Waals surface area contributed by atoms with Gasteiger partial charge in [-0.1, -0.05) is 20.8 Å². The van der Waals surface area contributed by atoms with Crippen LogP contribution in [0.15, 0.2) is 0 Å². The molecule has 0 aromatic rings. The fraction of sp³-hybridized carbons (Fsp3) is 0.929.